The van der Waals surface area contributed by atoms with Crippen LogP contribution in [0.4, 0.5) is 0 Å². The van der Waals surface area contributed by atoms with Gasteiger partial charge in [0.2, 0.25) is 0 Å². The van der Waals surface area contributed by atoms with Crippen molar-refractivity contribution in [1.29, 1.82) is 0 Å². The molecule has 1 aromatic rings. The number of likely N-dealkylation sites (N-methyl/N-ethyl adjacent to an activating group) is 1. The van der Waals surface area contributed by atoms with Crippen molar-refractivity contribution in [2.75, 3.05) is 13.1 Å². The van der Waals surface area contributed by atoms with Crippen LogP contribution in [-0.2, 0) is 11.3 Å². The van der Waals surface area contributed by atoms with E-state index in [1.165, 1.54) is 4.90 Å². The van der Waals surface area contributed by atoms with E-state index in [-0.39, 0.29) is 12.5 Å². The molecule has 6 heteroatoms. The van der Waals surface area contributed by atoms with Gasteiger partial charge < -0.3 is 14.6 Å². The normalized spacial score (nSPS) is 10.4. The number of aliphatic carboxylic acids is 1. The predicted octanol–water partition coefficient (Wildman–Crippen LogP) is 2.21. The van der Waals surface area contributed by atoms with E-state index >= 15 is 0 Å². The summed E-state index contributed by atoms with van der Waals surface area (Å²) in [6.07, 6.45) is 2.75. The summed E-state index contributed by atoms with van der Waals surface area (Å²) in [4.78, 5) is 24.3. The third-order valence-corrected chi connectivity index (χ3v) is 2.98. The SMILES string of the molecule is CCCn1cc(Br)cc1C(=O)N(CC)CC(=O)O. The van der Waals surface area contributed by atoms with Crippen molar-refractivity contribution >= 4 is 27.8 Å². The number of nitrogens with zero attached hydrogens (tertiary/aromatic N) is 2. The first-order valence-electron chi connectivity index (χ1n) is 5.86. The smallest absolute Gasteiger partial charge is 0.323 e. The zero-order chi connectivity index (χ0) is 13.7. The average molecular weight is 317 g/mol. The molecule has 100 valence electrons. The van der Waals surface area contributed by atoms with Crippen LogP contribution < -0.4 is 0 Å². The second kappa shape index (κ2) is 6.58. The fraction of sp³-hybridized carbons (Fsp3) is 0.500. The van der Waals surface area contributed by atoms with Crippen LogP contribution in [-0.4, -0.2) is 39.5 Å². The Labute approximate surface area is 115 Å². The number of rotatable bonds is 6. The molecule has 1 N–H and O–H groups in total. The summed E-state index contributed by atoms with van der Waals surface area (Å²) < 4.78 is 2.67. The Hall–Kier alpha value is -1.30. The minimum absolute atomic E-state index is 0.251. The molecule has 0 aliphatic carbocycles. The zero-order valence-electron chi connectivity index (χ0n) is 10.5. The summed E-state index contributed by atoms with van der Waals surface area (Å²) in [5.74, 6) is -1.25. The molecule has 1 amide bonds. The monoisotopic (exact) mass is 316 g/mol. The van der Waals surface area contributed by atoms with Gasteiger partial charge in [-0.3, -0.25) is 9.59 Å². The number of aromatic nitrogens is 1. The molecule has 0 saturated heterocycles. The van der Waals surface area contributed by atoms with E-state index in [1.54, 1.807) is 13.0 Å². The third kappa shape index (κ3) is 3.60. The lowest BCUT2D eigenvalue weighted by Gasteiger charge is -2.19. The fourth-order valence-corrected chi connectivity index (χ4v) is 2.20. The standard InChI is InChI=1S/C12H17BrN2O3/c1-3-5-15-7-9(13)6-10(15)12(18)14(4-2)8-11(16)17/h6-7H,3-5,8H2,1-2H3,(H,16,17). The van der Waals surface area contributed by atoms with Crippen LogP contribution in [0.5, 0.6) is 0 Å². The molecular weight excluding hydrogens is 300 g/mol. The van der Waals surface area contributed by atoms with Gasteiger partial charge in [0.15, 0.2) is 0 Å². The highest BCUT2D eigenvalue weighted by Gasteiger charge is 2.20. The summed E-state index contributed by atoms with van der Waals surface area (Å²) in [6, 6.07) is 1.72. The summed E-state index contributed by atoms with van der Waals surface area (Å²) in [6.45, 7) is 4.63. The van der Waals surface area contributed by atoms with Gasteiger partial charge in [-0.1, -0.05) is 6.92 Å². The van der Waals surface area contributed by atoms with Crippen LogP contribution in [0.3, 0.4) is 0 Å². The molecule has 0 fully saturated rings. The molecule has 5 nitrogen and oxygen atoms in total. The topological polar surface area (TPSA) is 62.5 Å². The quantitative estimate of drug-likeness (QED) is 0.875. The van der Waals surface area contributed by atoms with Crippen molar-refractivity contribution in [3.05, 3.63) is 22.4 Å². The van der Waals surface area contributed by atoms with E-state index in [2.05, 4.69) is 15.9 Å². The molecule has 1 rings (SSSR count). The summed E-state index contributed by atoms with van der Waals surface area (Å²) in [5.41, 5.74) is 0.520. The van der Waals surface area contributed by atoms with Crippen LogP contribution in [0.1, 0.15) is 30.8 Å². The highest BCUT2D eigenvalue weighted by molar-refractivity contribution is 9.10. The number of hydrogen-bond acceptors (Lipinski definition) is 2. The number of amides is 1. The molecule has 0 bridgehead atoms. The van der Waals surface area contributed by atoms with Gasteiger partial charge >= 0.3 is 5.97 Å². The summed E-state index contributed by atoms with van der Waals surface area (Å²) >= 11 is 3.34. The van der Waals surface area contributed by atoms with Crippen LogP contribution in [0.15, 0.2) is 16.7 Å². The largest absolute Gasteiger partial charge is 0.480 e. The van der Waals surface area contributed by atoms with Gasteiger partial charge in [-0.05, 0) is 35.3 Å². The molecule has 0 unspecified atom stereocenters. The maximum atomic E-state index is 12.2. The van der Waals surface area contributed by atoms with E-state index < -0.39 is 5.97 Å². The maximum Gasteiger partial charge on any atom is 0.323 e. The van der Waals surface area contributed by atoms with Crippen LogP contribution in [0, 0.1) is 0 Å². The molecule has 1 aromatic heterocycles. The van der Waals surface area contributed by atoms with Crippen molar-refractivity contribution in [1.82, 2.24) is 9.47 Å². The van der Waals surface area contributed by atoms with Crippen molar-refractivity contribution in [3.63, 3.8) is 0 Å². The Bertz CT molecular complexity index is 443. The van der Waals surface area contributed by atoms with E-state index in [1.807, 2.05) is 17.7 Å². The molecule has 0 spiro atoms. The number of carbonyl (C=O) groups is 2. The molecule has 1 heterocycles. The number of carboxylic acids is 1. The molecule has 18 heavy (non-hydrogen) atoms. The van der Waals surface area contributed by atoms with Gasteiger partial charge in [-0.2, -0.15) is 0 Å². The van der Waals surface area contributed by atoms with Crippen LogP contribution in [0.25, 0.3) is 0 Å². The van der Waals surface area contributed by atoms with E-state index in [0.717, 1.165) is 17.4 Å². The molecule has 0 aliphatic heterocycles. The first kappa shape index (κ1) is 14.8. The van der Waals surface area contributed by atoms with Gasteiger partial charge in [0.05, 0.1) is 0 Å². The Balaban J connectivity index is 2.96. The first-order valence-corrected chi connectivity index (χ1v) is 6.65. The number of halogens is 1. The minimum Gasteiger partial charge on any atom is -0.480 e. The molecule has 0 radical (unpaired) electrons. The zero-order valence-corrected chi connectivity index (χ0v) is 12.1. The second-order valence-electron chi connectivity index (χ2n) is 3.95. The number of carbonyl (C=O) groups excluding carboxylic acids is 1. The summed E-state index contributed by atoms with van der Waals surface area (Å²) in [5, 5.41) is 8.78. The molecule has 0 atom stereocenters. The number of carboxylic acid groups (broad SMARTS) is 1. The Morgan fingerprint density at radius 1 is 1.44 bits per heavy atom. The van der Waals surface area contributed by atoms with E-state index in [9.17, 15) is 9.59 Å². The highest BCUT2D eigenvalue weighted by Crippen LogP contribution is 2.17. The molecule has 0 aromatic carbocycles. The van der Waals surface area contributed by atoms with Gasteiger partial charge in [0.25, 0.3) is 5.91 Å². The van der Waals surface area contributed by atoms with Gasteiger partial charge in [-0.25, -0.2) is 0 Å². The lowest BCUT2D eigenvalue weighted by molar-refractivity contribution is -0.137. The van der Waals surface area contributed by atoms with Crippen molar-refractivity contribution in [2.45, 2.75) is 26.8 Å². The highest BCUT2D eigenvalue weighted by atomic mass is 79.9. The van der Waals surface area contributed by atoms with Crippen molar-refractivity contribution < 1.29 is 14.7 Å². The number of aryl methyl sites for hydroxylation is 1. The lowest BCUT2D eigenvalue weighted by Crippen LogP contribution is -2.36. The Morgan fingerprint density at radius 3 is 2.61 bits per heavy atom. The predicted molar refractivity (Wildman–Crippen MR) is 71.6 cm³/mol. The minimum atomic E-state index is -1.00. The van der Waals surface area contributed by atoms with Crippen LogP contribution in [0.2, 0.25) is 0 Å². The lowest BCUT2D eigenvalue weighted by atomic mass is 10.3. The fourth-order valence-electron chi connectivity index (χ4n) is 1.73. The number of hydrogen-bond donors (Lipinski definition) is 1. The summed E-state index contributed by atoms with van der Waals surface area (Å²) in [7, 11) is 0. The van der Waals surface area contributed by atoms with Gasteiger partial charge in [-0.15, -0.1) is 0 Å². The van der Waals surface area contributed by atoms with Crippen molar-refractivity contribution in [3.8, 4) is 0 Å². The maximum absolute atomic E-state index is 12.2. The van der Waals surface area contributed by atoms with E-state index in [0.29, 0.717) is 12.2 Å². The molecule has 0 aliphatic rings. The second-order valence-corrected chi connectivity index (χ2v) is 4.87. The average Bonchev–Trinajstić information content (AvgIpc) is 2.66. The first-order chi connectivity index (χ1) is 8.49. The van der Waals surface area contributed by atoms with Gasteiger partial charge in [0, 0.05) is 23.8 Å². The third-order valence-electron chi connectivity index (χ3n) is 2.54. The van der Waals surface area contributed by atoms with Crippen LogP contribution >= 0.6 is 15.9 Å². The molecular formula is C12H17BrN2O3. The Kier molecular flexibility index (Phi) is 5.40. The van der Waals surface area contributed by atoms with E-state index in [4.69, 9.17) is 5.11 Å². The Morgan fingerprint density at radius 2 is 2.11 bits per heavy atom. The molecule has 0 saturated carbocycles. The van der Waals surface area contributed by atoms with Gasteiger partial charge in [0.1, 0.15) is 12.2 Å². The van der Waals surface area contributed by atoms with Crippen molar-refractivity contribution in [2.24, 2.45) is 0 Å².